The van der Waals surface area contributed by atoms with Gasteiger partial charge in [-0.05, 0) is 55.2 Å². The highest BCUT2D eigenvalue weighted by molar-refractivity contribution is 5.89. The number of benzene rings is 2. The number of ether oxygens (including phenoxy) is 1. The average Bonchev–Trinajstić information content (AvgIpc) is 3.61. The third kappa shape index (κ3) is 3.37. The smallest absolute Gasteiger partial charge is 0.234 e. The molecule has 2 aliphatic rings. The minimum atomic E-state index is -0.539. The van der Waals surface area contributed by atoms with E-state index < -0.39 is 5.41 Å². The zero-order valence-electron chi connectivity index (χ0n) is 19.4. The van der Waals surface area contributed by atoms with Gasteiger partial charge in [-0.25, -0.2) is 4.68 Å². The number of hydrogen-bond donors (Lipinski definition) is 0. The second-order valence-electron chi connectivity index (χ2n) is 9.31. The third-order valence-corrected chi connectivity index (χ3v) is 7.19. The van der Waals surface area contributed by atoms with Gasteiger partial charge in [-0.15, -0.1) is 0 Å². The third-order valence-electron chi connectivity index (χ3n) is 7.19. The maximum absolute atomic E-state index is 14.1. The van der Waals surface area contributed by atoms with Crippen LogP contribution in [-0.4, -0.2) is 38.4 Å². The highest BCUT2D eigenvalue weighted by atomic mass is 16.5. The van der Waals surface area contributed by atoms with Crippen molar-refractivity contribution in [3.63, 3.8) is 0 Å². The van der Waals surface area contributed by atoms with Crippen molar-refractivity contribution in [2.45, 2.75) is 38.3 Å². The van der Waals surface area contributed by atoms with Crippen molar-refractivity contribution in [3.8, 4) is 11.5 Å². The van der Waals surface area contributed by atoms with Crippen LogP contribution in [0.5, 0.6) is 0 Å². The fraction of sp³-hybridized carbons (Fsp3) is 0.286. The summed E-state index contributed by atoms with van der Waals surface area (Å²) in [6, 6.07) is 22.6. The molecule has 4 heterocycles. The normalized spacial score (nSPS) is 17.0. The van der Waals surface area contributed by atoms with E-state index in [4.69, 9.17) is 9.84 Å². The van der Waals surface area contributed by atoms with Crippen molar-refractivity contribution in [2.24, 2.45) is 0 Å². The molecule has 1 amide bonds. The Labute approximate surface area is 199 Å². The Morgan fingerprint density at radius 3 is 2.44 bits per heavy atom. The van der Waals surface area contributed by atoms with Crippen molar-refractivity contribution in [2.75, 3.05) is 13.2 Å². The molecule has 0 atom stereocenters. The molecule has 0 radical (unpaired) electrons. The number of amides is 1. The molecule has 0 bridgehead atoms. The highest BCUT2D eigenvalue weighted by Gasteiger charge is 2.46. The molecule has 1 fully saturated rings. The fourth-order valence-corrected chi connectivity index (χ4v) is 5.43. The van der Waals surface area contributed by atoms with E-state index in [1.165, 1.54) is 5.56 Å². The number of hydrogen-bond acceptors (Lipinski definition) is 3. The summed E-state index contributed by atoms with van der Waals surface area (Å²) >= 11 is 0. The van der Waals surface area contributed by atoms with Gasteiger partial charge in [-0.2, -0.15) is 5.10 Å². The lowest BCUT2D eigenvalue weighted by Gasteiger charge is -2.39. The van der Waals surface area contributed by atoms with Gasteiger partial charge in [0.15, 0.2) is 0 Å². The number of rotatable bonds is 4. The SMILES string of the molecule is Cc1cccc(-n2nc3c(c2-n2cccc2)CN(C(=O)C2(c4ccccc4)CCOCC2)C3)c1. The predicted molar refractivity (Wildman–Crippen MR) is 130 cm³/mol. The van der Waals surface area contributed by atoms with E-state index in [-0.39, 0.29) is 5.91 Å². The fourth-order valence-electron chi connectivity index (χ4n) is 5.43. The quantitative estimate of drug-likeness (QED) is 0.456. The molecule has 172 valence electrons. The largest absolute Gasteiger partial charge is 0.381 e. The molecule has 4 aromatic rings. The van der Waals surface area contributed by atoms with Gasteiger partial charge in [-0.1, -0.05) is 42.5 Å². The van der Waals surface area contributed by atoms with E-state index in [0.29, 0.717) is 39.1 Å². The lowest BCUT2D eigenvalue weighted by Crippen LogP contribution is -2.48. The molecule has 0 N–H and O–H groups in total. The van der Waals surface area contributed by atoms with Gasteiger partial charge in [0.25, 0.3) is 0 Å². The summed E-state index contributed by atoms with van der Waals surface area (Å²) in [5, 5.41) is 5.01. The molecule has 0 unspecified atom stereocenters. The number of aryl methyl sites for hydroxylation is 1. The molecule has 0 spiro atoms. The molecular formula is C28H28N4O2. The molecule has 6 rings (SSSR count). The van der Waals surface area contributed by atoms with Crippen LogP contribution in [0, 0.1) is 6.92 Å². The number of fused-ring (bicyclic) bond motifs is 1. The predicted octanol–water partition coefficient (Wildman–Crippen LogP) is 4.56. The van der Waals surface area contributed by atoms with E-state index in [1.54, 1.807) is 0 Å². The monoisotopic (exact) mass is 452 g/mol. The van der Waals surface area contributed by atoms with Crippen LogP contribution < -0.4 is 0 Å². The van der Waals surface area contributed by atoms with Crippen LogP contribution in [0.4, 0.5) is 0 Å². The average molecular weight is 453 g/mol. The van der Waals surface area contributed by atoms with Crippen molar-refractivity contribution in [3.05, 3.63) is 102 Å². The molecule has 2 aliphatic heterocycles. The second kappa shape index (κ2) is 8.29. The van der Waals surface area contributed by atoms with Crippen LogP contribution >= 0.6 is 0 Å². The van der Waals surface area contributed by atoms with E-state index in [1.807, 2.05) is 52.3 Å². The van der Waals surface area contributed by atoms with Gasteiger partial charge >= 0.3 is 0 Å². The summed E-state index contributed by atoms with van der Waals surface area (Å²) in [6.45, 7) is 4.38. The molecule has 34 heavy (non-hydrogen) atoms. The van der Waals surface area contributed by atoms with Crippen LogP contribution in [0.3, 0.4) is 0 Å². The number of aromatic nitrogens is 3. The molecule has 1 saturated heterocycles. The molecule has 6 heteroatoms. The Hall–Kier alpha value is -3.64. The minimum Gasteiger partial charge on any atom is -0.381 e. The molecule has 6 nitrogen and oxygen atoms in total. The first-order valence-corrected chi connectivity index (χ1v) is 11.9. The van der Waals surface area contributed by atoms with E-state index >= 15 is 0 Å². The second-order valence-corrected chi connectivity index (χ2v) is 9.31. The van der Waals surface area contributed by atoms with Gasteiger partial charge in [0.05, 0.1) is 29.9 Å². The minimum absolute atomic E-state index is 0.181. The first kappa shape index (κ1) is 20.9. The van der Waals surface area contributed by atoms with Crippen molar-refractivity contribution in [1.82, 2.24) is 19.2 Å². The molecule has 2 aromatic heterocycles. The topological polar surface area (TPSA) is 52.3 Å². The maximum Gasteiger partial charge on any atom is 0.234 e. The summed E-state index contributed by atoms with van der Waals surface area (Å²) in [6.07, 6.45) is 5.49. The van der Waals surface area contributed by atoms with E-state index in [0.717, 1.165) is 28.3 Å². The van der Waals surface area contributed by atoms with E-state index in [9.17, 15) is 4.79 Å². The zero-order chi connectivity index (χ0) is 23.1. The molecule has 2 aromatic carbocycles. The van der Waals surface area contributed by atoms with Crippen molar-refractivity contribution < 1.29 is 9.53 Å². The van der Waals surface area contributed by atoms with E-state index in [2.05, 4.69) is 47.9 Å². The summed E-state index contributed by atoms with van der Waals surface area (Å²) in [5.74, 6) is 1.18. The lowest BCUT2D eigenvalue weighted by atomic mass is 9.73. The number of carbonyl (C=O) groups is 1. The summed E-state index contributed by atoms with van der Waals surface area (Å²) < 4.78 is 9.77. The Balaban J connectivity index is 1.39. The highest BCUT2D eigenvalue weighted by Crippen LogP contribution is 2.40. The van der Waals surface area contributed by atoms with Crippen molar-refractivity contribution >= 4 is 5.91 Å². The van der Waals surface area contributed by atoms with Gasteiger partial charge < -0.3 is 14.2 Å². The molecule has 0 aliphatic carbocycles. The van der Waals surface area contributed by atoms with Gasteiger partial charge in [0.1, 0.15) is 5.82 Å². The first-order chi connectivity index (χ1) is 16.7. The Bertz CT molecular complexity index is 1320. The van der Waals surface area contributed by atoms with Crippen LogP contribution in [-0.2, 0) is 28.0 Å². The zero-order valence-corrected chi connectivity index (χ0v) is 19.4. The number of nitrogens with zero attached hydrogens (tertiary/aromatic N) is 4. The molecule has 0 saturated carbocycles. The maximum atomic E-state index is 14.1. The summed E-state index contributed by atoms with van der Waals surface area (Å²) in [7, 11) is 0. The Kier molecular flexibility index (Phi) is 5.11. The molecular weight excluding hydrogens is 424 g/mol. The summed E-state index contributed by atoms with van der Waals surface area (Å²) in [4.78, 5) is 16.1. The standard InChI is InChI=1S/C28H28N4O2/c1-21-8-7-11-23(18-21)32-26(30-14-5-6-15-30)24-19-31(20-25(24)29-32)27(33)28(12-16-34-17-13-28)22-9-3-2-4-10-22/h2-11,14-15,18H,12-13,16-17,19-20H2,1H3. The lowest BCUT2D eigenvalue weighted by molar-refractivity contribution is -0.142. The van der Waals surface area contributed by atoms with Gasteiger partial charge in [-0.3, -0.25) is 4.79 Å². The van der Waals surface area contributed by atoms with Crippen LogP contribution in [0.25, 0.3) is 11.5 Å². The van der Waals surface area contributed by atoms with Gasteiger partial charge in [0, 0.05) is 31.2 Å². The van der Waals surface area contributed by atoms with Crippen LogP contribution in [0.2, 0.25) is 0 Å². The van der Waals surface area contributed by atoms with Gasteiger partial charge in [0.2, 0.25) is 5.91 Å². The first-order valence-electron chi connectivity index (χ1n) is 11.9. The Morgan fingerprint density at radius 2 is 1.71 bits per heavy atom. The van der Waals surface area contributed by atoms with Crippen molar-refractivity contribution in [1.29, 1.82) is 0 Å². The Morgan fingerprint density at radius 1 is 0.941 bits per heavy atom. The number of carbonyl (C=O) groups excluding carboxylic acids is 1. The van der Waals surface area contributed by atoms with Crippen LogP contribution in [0.1, 0.15) is 35.2 Å². The summed E-state index contributed by atoms with van der Waals surface area (Å²) in [5.41, 5.74) is 4.84. The van der Waals surface area contributed by atoms with Crippen LogP contribution in [0.15, 0.2) is 79.1 Å².